The van der Waals surface area contributed by atoms with Crippen LogP contribution < -0.4 is 0 Å². The standard InChI is InChI=1S/C12H21NO/c1-4-6-11(14)13-9(5-2)7-10-8(3)12(10)13/h8-10,12H,4-7H2,1-3H3/t8?,9-,10?,12?/m1/s1. The van der Waals surface area contributed by atoms with Gasteiger partial charge < -0.3 is 4.90 Å². The maximum Gasteiger partial charge on any atom is 0.223 e. The molecule has 0 aromatic heterocycles. The number of rotatable bonds is 3. The highest BCUT2D eigenvalue weighted by Gasteiger charge is 2.58. The molecule has 3 unspecified atom stereocenters. The van der Waals surface area contributed by atoms with Gasteiger partial charge in [0.25, 0.3) is 0 Å². The Labute approximate surface area is 86.7 Å². The molecule has 1 saturated carbocycles. The summed E-state index contributed by atoms with van der Waals surface area (Å²) in [5.74, 6) is 2.01. The Balaban J connectivity index is 2.03. The molecule has 2 rings (SSSR count). The highest BCUT2D eigenvalue weighted by atomic mass is 16.2. The Morgan fingerprint density at radius 3 is 2.71 bits per heavy atom. The minimum atomic E-state index is 0.399. The lowest BCUT2D eigenvalue weighted by Gasteiger charge is -2.27. The second kappa shape index (κ2) is 3.56. The minimum Gasteiger partial charge on any atom is -0.336 e. The van der Waals surface area contributed by atoms with Crippen molar-refractivity contribution in [2.24, 2.45) is 11.8 Å². The maximum absolute atomic E-state index is 11.9. The largest absolute Gasteiger partial charge is 0.336 e. The van der Waals surface area contributed by atoms with Crippen molar-refractivity contribution >= 4 is 5.91 Å². The van der Waals surface area contributed by atoms with Gasteiger partial charge in [-0.25, -0.2) is 0 Å². The molecule has 4 atom stereocenters. The Bertz CT molecular complexity index is 236. The summed E-state index contributed by atoms with van der Waals surface area (Å²) in [5, 5.41) is 0. The summed E-state index contributed by atoms with van der Waals surface area (Å²) in [6.45, 7) is 6.57. The molecule has 0 spiro atoms. The quantitative estimate of drug-likeness (QED) is 0.677. The highest BCUT2D eigenvalue weighted by molar-refractivity contribution is 5.78. The number of hydrogen-bond donors (Lipinski definition) is 0. The van der Waals surface area contributed by atoms with E-state index in [-0.39, 0.29) is 0 Å². The van der Waals surface area contributed by atoms with Crippen molar-refractivity contribution in [1.29, 1.82) is 0 Å². The van der Waals surface area contributed by atoms with Crippen LogP contribution >= 0.6 is 0 Å². The molecule has 0 aromatic carbocycles. The van der Waals surface area contributed by atoms with Gasteiger partial charge in [-0.3, -0.25) is 4.79 Å². The number of fused-ring (bicyclic) bond motifs is 1. The van der Waals surface area contributed by atoms with E-state index >= 15 is 0 Å². The molecule has 2 aliphatic rings. The normalized spacial score (nSPS) is 39.8. The first-order valence-corrected chi connectivity index (χ1v) is 6.01. The lowest BCUT2D eigenvalue weighted by atomic mass is 10.1. The van der Waals surface area contributed by atoms with Crippen molar-refractivity contribution in [2.45, 2.75) is 58.5 Å². The summed E-state index contributed by atoms with van der Waals surface area (Å²) in [7, 11) is 0. The zero-order chi connectivity index (χ0) is 10.3. The van der Waals surface area contributed by atoms with Crippen LogP contribution in [-0.2, 0) is 4.79 Å². The van der Waals surface area contributed by atoms with Gasteiger partial charge in [0.2, 0.25) is 5.91 Å². The molecule has 0 bridgehead atoms. The molecule has 2 nitrogen and oxygen atoms in total. The number of carbonyl (C=O) groups is 1. The van der Waals surface area contributed by atoms with E-state index in [1.165, 1.54) is 6.42 Å². The summed E-state index contributed by atoms with van der Waals surface area (Å²) in [4.78, 5) is 14.1. The van der Waals surface area contributed by atoms with Crippen LogP contribution in [-0.4, -0.2) is 22.9 Å². The van der Waals surface area contributed by atoms with Gasteiger partial charge in [-0.1, -0.05) is 20.8 Å². The summed E-state index contributed by atoms with van der Waals surface area (Å²) < 4.78 is 0. The third-order valence-corrected chi connectivity index (χ3v) is 3.99. The van der Waals surface area contributed by atoms with Crippen molar-refractivity contribution in [3.63, 3.8) is 0 Å². The fraction of sp³-hybridized carbons (Fsp3) is 0.917. The highest BCUT2D eigenvalue weighted by Crippen LogP contribution is 2.53. The van der Waals surface area contributed by atoms with E-state index < -0.39 is 0 Å². The van der Waals surface area contributed by atoms with Crippen LogP contribution in [0.3, 0.4) is 0 Å². The molecular weight excluding hydrogens is 174 g/mol. The van der Waals surface area contributed by atoms with Crippen molar-refractivity contribution in [3.8, 4) is 0 Å². The second-order valence-corrected chi connectivity index (χ2v) is 4.86. The van der Waals surface area contributed by atoms with E-state index in [1.54, 1.807) is 0 Å². The molecule has 1 heterocycles. The molecule has 14 heavy (non-hydrogen) atoms. The number of amides is 1. The van der Waals surface area contributed by atoms with E-state index in [0.29, 0.717) is 18.0 Å². The first-order valence-electron chi connectivity index (χ1n) is 6.01. The molecule has 1 saturated heterocycles. The summed E-state index contributed by atoms with van der Waals surface area (Å²) >= 11 is 0. The van der Waals surface area contributed by atoms with Gasteiger partial charge in [0, 0.05) is 18.5 Å². The lowest BCUT2D eigenvalue weighted by Crippen LogP contribution is -2.39. The predicted octanol–water partition coefficient (Wildman–Crippen LogP) is 2.43. The fourth-order valence-electron chi connectivity index (χ4n) is 3.08. The lowest BCUT2D eigenvalue weighted by molar-refractivity contribution is -0.133. The van der Waals surface area contributed by atoms with Crippen LogP contribution in [0.5, 0.6) is 0 Å². The summed E-state index contributed by atoms with van der Waals surface area (Å²) in [6.07, 6.45) is 4.12. The van der Waals surface area contributed by atoms with Crippen LogP contribution in [0.15, 0.2) is 0 Å². The van der Waals surface area contributed by atoms with Crippen molar-refractivity contribution in [2.75, 3.05) is 0 Å². The van der Waals surface area contributed by atoms with E-state index in [2.05, 4.69) is 25.7 Å². The molecule has 0 radical (unpaired) electrons. The molecule has 2 heteroatoms. The second-order valence-electron chi connectivity index (χ2n) is 4.86. The van der Waals surface area contributed by atoms with Gasteiger partial charge >= 0.3 is 0 Å². The van der Waals surface area contributed by atoms with E-state index in [9.17, 15) is 4.79 Å². The topological polar surface area (TPSA) is 20.3 Å². The molecule has 80 valence electrons. The van der Waals surface area contributed by atoms with E-state index in [0.717, 1.165) is 31.1 Å². The van der Waals surface area contributed by atoms with Crippen LogP contribution in [0.25, 0.3) is 0 Å². The fourth-order valence-corrected chi connectivity index (χ4v) is 3.08. The van der Waals surface area contributed by atoms with Crippen LogP contribution in [0.2, 0.25) is 0 Å². The molecule has 2 fully saturated rings. The number of piperidine rings is 1. The average Bonchev–Trinajstić information content (AvgIpc) is 2.66. The minimum absolute atomic E-state index is 0.399. The van der Waals surface area contributed by atoms with E-state index in [1.807, 2.05) is 0 Å². The van der Waals surface area contributed by atoms with Gasteiger partial charge in [0.05, 0.1) is 0 Å². The van der Waals surface area contributed by atoms with Gasteiger partial charge in [-0.15, -0.1) is 0 Å². The Kier molecular flexibility index (Phi) is 2.54. The van der Waals surface area contributed by atoms with Gasteiger partial charge in [0.15, 0.2) is 0 Å². The number of nitrogens with zero attached hydrogens (tertiary/aromatic N) is 1. The van der Waals surface area contributed by atoms with Gasteiger partial charge in [-0.05, 0) is 31.1 Å². The molecule has 0 N–H and O–H groups in total. The van der Waals surface area contributed by atoms with Crippen LogP contribution in [0.4, 0.5) is 0 Å². The first kappa shape index (κ1) is 10.0. The Hall–Kier alpha value is -0.530. The summed E-state index contributed by atoms with van der Waals surface area (Å²) in [6, 6.07) is 1.17. The van der Waals surface area contributed by atoms with Crippen molar-refractivity contribution in [3.05, 3.63) is 0 Å². The third kappa shape index (κ3) is 1.35. The first-order chi connectivity index (χ1) is 6.70. The smallest absolute Gasteiger partial charge is 0.223 e. The molecule has 1 aliphatic heterocycles. The molecule has 1 amide bonds. The predicted molar refractivity (Wildman–Crippen MR) is 56.9 cm³/mol. The molecule has 1 aliphatic carbocycles. The zero-order valence-electron chi connectivity index (χ0n) is 9.49. The third-order valence-electron chi connectivity index (χ3n) is 3.99. The van der Waals surface area contributed by atoms with E-state index in [4.69, 9.17) is 0 Å². The monoisotopic (exact) mass is 195 g/mol. The number of carbonyl (C=O) groups excluding carboxylic acids is 1. The van der Waals surface area contributed by atoms with Crippen LogP contribution in [0.1, 0.15) is 46.5 Å². The van der Waals surface area contributed by atoms with Crippen LogP contribution in [0, 0.1) is 11.8 Å². The Morgan fingerprint density at radius 1 is 1.43 bits per heavy atom. The maximum atomic E-state index is 11.9. The van der Waals surface area contributed by atoms with Gasteiger partial charge in [0.1, 0.15) is 0 Å². The molecular formula is C12H21NO. The molecule has 0 aromatic rings. The summed E-state index contributed by atoms with van der Waals surface area (Å²) in [5.41, 5.74) is 0. The number of hydrogen-bond acceptors (Lipinski definition) is 1. The van der Waals surface area contributed by atoms with Crippen molar-refractivity contribution in [1.82, 2.24) is 4.90 Å². The van der Waals surface area contributed by atoms with Crippen molar-refractivity contribution < 1.29 is 4.79 Å². The Morgan fingerprint density at radius 2 is 2.14 bits per heavy atom. The van der Waals surface area contributed by atoms with Gasteiger partial charge in [-0.2, -0.15) is 0 Å². The number of likely N-dealkylation sites (tertiary alicyclic amines) is 1. The average molecular weight is 195 g/mol. The SMILES string of the molecule is CCCC(=O)N1C2C(C)C2C[C@H]1CC. The zero-order valence-corrected chi connectivity index (χ0v) is 9.49.